The number of aromatic nitrogens is 1. The van der Waals surface area contributed by atoms with Crippen LogP contribution in [0.25, 0.3) is 11.1 Å². The monoisotopic (exact) mass is 309 g/mol. The van der Waals surface area contributed by atoms with E-state index in [0.29, 0.717) is 10.2 Å². The minimum atomic E-state index is 0.646. The molecule has 0 saturated carbocycles. The van der Waals surface area contributed by atoms with E-state index in [1.54, 1.807) is 23.9 Å². The van der Waals surface area contributed by atoms with Crippen LogP contribution in [0.1, 0.15) is 5.56 Å². The average Bonchev–Trinajstić information content (AvgIpc) is 2.80. The lowest BCUT2D eigenvalue weighted by Crippen LogP contribution is -1.79. The Balaban J connectivity index is 1.76. The van der Waals surface area contributed by atoms with Gasteiger partial charge in [0.25, 0.3) is 5.22 Å². The number of halogens is 2. The maximum absolute atomic E-state index is 5.91. The highest BCUT2D eigenvalue weighted by atomic mass is 35.5. The van der Waals surface area contributed by atoms with Crippen molar-refractivity contribution in [2.75, 3.05) is 0 Å². The molecule has 0 atom stereocenters. The van der Waals surface area contributed by atoms with Crippen LogP contribution in [0.5, 0.6) is 0 Å². The molecule has 0 aliphatic rings. The molecule has 0 aliphatic heterocycles. The molecule has 0 fully saturated rings. The van der Waals surface area contributed by atoms with Gasteiger partial charge in [0.05, 0.1) is 0 Å². The van der Waals surface area contributed by atoms with E-state index < -0.39 is 0 Å². The smallest absolute Gasteiger partial charge is 0.257 e. The zero-order valence-electron chi connectivity index (χ0n) is 9.77. The zero-order chi connectivity index (χ0) is 13.2. The summed E-state index contributed by atoms with van der Waals surface area (Å²) in [5.41, 5.74) is 2.71. The minimum absolute atomic E-state index is 0.646. The van der Waals surface area contributed by atoms with Gasteiger partial charge in [0.15, 0.2) is 5.58 Å². The van der Waals surface area contributed by atoms with E-state index in [1.165, 1.54) is 5.56 Å². The number of nitrogens with zero attached hydrogens (tertiary/aromatic N) is 1. The van der Waals surface area contributed by atoms with Gasteiger partial charge in [-0.2, -0.15) is 0 Å². The van der Waals surface area contributed by atoms with E-state index in [4.69, 9.17) is 27.6 Å². The Kier molecular flexibility index (Phi) is 3.69. The fourth-order valence-corrected chi connectivity index (χ4v) is 2.75. The van der Waals surface area contributed by atoms with E-state index in [2.05, 4.69) is 4.98 Å². The Hall–Kier alpha value is -1.16. The van der Waals surface area contributed by atoms with E-state index in [9.17, 15) is 0 Å². The summed E-state index contributed by atoms with van der Waals surface area (Å²) in [6, 6.07) is 13.2. The second-order valence-electron chi connectivity index (χ2n) is 4.01. The Morgan fingerprint density at radius 1 is 1.00 bits per heavy atom. The molecule has 5 heteroatoms. The summed E-state index contributed by atoms with van der Waals surface area (Å²) in [7, 11) is 0. The van der Waals surface area contributed by atoms with Crippen molar-refractivity contribution in [3.8, 4) is 0 Å². The summed E-state index contributed by atoms with van der Waals surface area (Å²) >= 11 is 13.3. The van der Waals surface area contributed by atoms with Crippen molar-refractivity contribution >= 4 is 46.1 Å². The first kappa shape index (κ1) is 12.9. The average molecular weight is 310 g/mol. The quantitative estimate of drug-likeness (QED) is 0.604. The Morgan fingerprint density at radius 3 is 2.53 bits per heavy atom. The van der Waals surface area contributed by atoms with Crippen molar-refractivity contribution < 1.29 is 4.42 Å². The highest BCUT2D eigenvalue weighted by Crippen LogP contribution is 2.27. The number of hydrogen-bond acceptors (Lipinski definition) is 3. The molecule has 0 aliphatic carbocycles. The molecule has 96 valence electrons. The first-order valence-corrected chi connectivity index (χ1v) is 7.38. The SMILES string of the molecule is Clc1ccc(CSc2nc3cc(Cl)ccc3o2)cc1. The lowest BCUT2D eigenvalue weighted by Gasteiger charge is -1.98. The topological polar surface area (TPSA) is 26.0 Å². The van der Waals surface area contributed by atoms with Crippen LogP contribution in [0.3, 0.4) is 0 Å². The Bertz CT molecular complexity index is 709. The lowest BCUT2D eigenvalue weighted by atomic mass is 10.2. The van der Waals surface area contributed by atoms with Crippen LogP contribution in [0.15, 0.2) is 52.1 Å². The first-order valence-electron chi connectivity index (χ1n) is 5.64. The molecule has 0 radical (unpaired) electrons. The van der Waals surface area contributed by atoms with Crippen molar-refractivity contribution in [2.24, 2.45) is 0 Å². The summed E-state index contributed by atoms with van der Waals surface area (Å²) in [6.07, 6.45) is 0. The molecule has 3 rings (SSSR count). The van der Waals surface area contributed by atoms with Gasteiger partial charge in [-0.05, 0) is 35.9 Å². The maximum atomic E-state index is 5.91. The second-order valence-corrected chi connectivity index (χ2v) is 5.81. The molecule has 0 unspecified atom stereocenters. The third-order valence-electron chi connectivity index (χ3n) is 2.61. The van der Waals surface area contributed by atoms with Gasteiger partial charge in [-0.1, -0.05) is 47.1 Å². The van der Waals surface area contributed by atoms with Crippen LogP contribution < -0.4 is 0 Å². The molecular weight excluding hydrogens is 301 g/mol. The maximum Gasteiger partial charge on any atom is 0.257 e. The zero-order valence-corrected chi connectivity index (χ0v) is 12.1. The van der Waals surface area contributed by atoms with Crippen molar-refractivity contribution in [1.29, 1.82) is 0 Å². The van der Waals surface area contributed by atoms with Crippen molar-refractivity contribution in [1.82, 2.24) is 4.98 Å². The van der Waals surface area contributed by atoms with Gasteiger partial charge in [-0.3, -0.25) is 0 Å². The largest absolute Gasteiger partial charge is 0.431 e. The third-order valence-corrected chi connectivity index (χ3v) is 3.99. The number of thioether (sulfide) groups is 1. The van der Waals surface area contributed by atoms with Gasteiger partial charge >= 0.3 is 0 Å². The molecular formula is C14H9Cl2NOS. The summed E-state index contributed by atoms with van der Waals surface area (Å²) in [5, 5.41) is 2.05. The predicted molar refractivity (Wildman–Crippen MR) is 80.0 cm³/mol. The van der Waals surface area contributed by atoms with Crippen molar-refractivity contribution in [2.45, 2.75) is 11.0 Å². The number of hydrogen-bond donors (Lipinski definition) is 0. The summed E-state index contributed by atoms with van der Waals surface area (Å²) in [4.78, 5) is 4.39. The molecule has 19 heavy (non-hydrogen) atoms. The number of benzene rings is 2. The van der Waals surface area contributed by atoms with Crippen LogP contribution >= 0.6 is 35.0 Å². The Labute approximate surface area is 124 Å². The van der Waals surface area contributed by atoms with Gasteiger partial charge in [0.1, 0.15) is 5.52 Å². The van der Waals surface area contributed by atoms with Crippen molar-refractivity contribution in [3.63, 3.8) is 0 Å². The summed E-state index contributed by atoms with van der Waals surface area (Å²) in [6.45, 7) is 0. The van der Waals surface area contributed by atoms with E-state index in [0.717, 1.165) is 21.9 Å². The van der Waals surface area contributed by atoms with E-state index in [1.807, 2.05) is 30.3 Å². The number of oxazole rings is 1. The van der Waals surface area contributed by atoms with Gasteiger partial charge < -0.3 is 4.42 Å². The normalized spacial score (nSPS) is 11.1. The van der Waals surface area contributed by atoms with Crippen LogP contribution in [-0.2, 0) is 5.75 Å². The Morgan fingerprint density at radius 2 is 1.74 bits per heavy atom. The molecule has 0 amide bonds. The summed E-state index contributed by atoms with van der Waals surface area (Å²) in [5.74, 6) is 0.789. The predicted octanol–water partition coefficient (Wildman–Crippen LogP) is 5.43. The highest BCUT2D eigenvalue weighted by Gasteiger charge is 2.07. The standard InChI is InChI=1S/C14H9Cl2NOS/c15-10-3-1-9(2-4-10)8-19-14-17-12-7-11(16)5-6-13(12)18-14/h1-7H,8H2. The van der Waals surface area contributed by atoms with E-state index >= 15 is 0 Å². The van der Waals surface area contributed by atoms with E-state index in [-0.39, 0.29) is 0 Å². The molecule has 1 heterocycles. The van der Waals surface area contributed by atoms with Gasteiger partial charge in [0.2, 0.25) is 0 Å². The van der Waals surface area contributed by atoms with Crippen LogP contribution in [0.2, 0.25) is 10.0 Å². The molecule has 2 nitrogen and oxygen atoms in total. The van der Waals surface area contributed by atoms with Crippen LogP contribution in [0.4, 0.5) is 0 Å². The number of rotatable bonds is 3. The van der Waals surface area contributed by atoms with Crippen LogP contribution in [0, 0.1) is 0 Å². The third kappa shape index (κ3) is 3.06. The van der Waals surface area contributed by atoms with Gasteiger partial charge in [0, 0.05) is 15.8 Å². The molecule has 2 aromatic carbocycles. The molecule has 0 bridgehead atoms. The molecule has 3 aromatic rings. The minimum Gasteiger partial charge on any atom is -0.431 e. The van der Waals surface area contributed by atoms with Gasteiger partial charge in [-0.15, -0.1) is 0 Å². The summed E-state index contributed by atoms with van der Waals surface area (Å²) < 4.78 is 5.64. The van der Waals surface area contributed by atoms with Gasteiger partial charge in [-0.25, -0.2) is 4.98 Å². The lowest BCUT2D eigenvalue weighted by molar-refractivity contribution is 0.489. The molecule has 0 spiro atoms. The fourth-order valence-electron chi connectivity index (χ4n) is 1.67. The van der Waals surface area contributed by atoms with Crippen molar-refractivity contribution in [3.05, 3.63) is 58.1 Å². The molecule has 0 N–H and O–H groups in total. The first-order chi connectivity index (χ1) is 9.20. The number of fused-ring (bicyclic) bond motifs is 1. The molecule has 0 saturated heterocycles. The van der Waals surface area contributed by atoms with Crippen LogP contribution in [-0.4, -0.2) is 4.98 Å². The fraction of sp³-hybridized carbons (Fsp3) is 0.0714. The molecule has 1 aromatic heterocycles. The highest BCUT2D eigenvalue weighted by molar-refractivity contribution is 7.98. The second kappa shape index (κ2) is 5.45.